The van der Waals surface area contributed by atoms with Crippen molar-refractivity contribution in [3.05, 3.63) is 23.8 Å². The van der Waals surface area contributed by atoms with E-state index in [9.17, 15) is 13.0 Å². The predicted molar refractivity (Wildman–Crippen MR) is 82.4 cm³/mol. The molecule has 21 heavy (non-hydrogen) atoms. The highest BCUT2D eigenvalue weighted by Gasteiger charge is 2.48. The van der Waals surface area contributed by atoms with E-state index in [1.165, 1.54) is 11.8 Å². The van der Waals surface area contributed by atoms with E-state index in [1.807, 2.05) is 0 Å². The van der Waals surface area contributed by atoms with Crippen molar-refractivity contribution in [2.75, 3.05) is 6.54 Å². The first kappa shape index (κ1) is 16.2. The lowest BCUT2D eigenvalue weighted by Crippen LogP contribution is -2.34. The van der Waals surface area contributed by atoms with Crippen molar-refractivity contribution in [2.24, 2.45) is 0 Å². The van der Waals surface area contributed by atoms with Gasteiger partial charge in [0.15, 0.2) is 5.71 Å². The van der Waals surface area contributed by atoms with Gasteiger partial charge in [0.25, 0.3) is 0 Å². The van der Waals surface area contributed by atoms with E-state index in [4.69, 9.17) is 0 Å². The molecule has 0 N–H and O–H groups in total. The molecule has 116 valence electrons. The molecule has 0 unspecified atom stereocenters. The van der Waals surface area contributed by atoms with Crippen molar-refractivity contribution in [2.45, 2.75) is 57.3 Å². The van der Waals surface area contributed by atoms with Crippen LogP contribution in [0.25, 0.3) is 0 Å². The molecule has 1 aromatic rings. The van der Waals surface area contributed by atoms with Gasteiger partial charge in [0.2, 0.25) is 5.69 Å². The molecule has 0 spiro atoms. The lowest BCUT2D eigenvalue weighted by molar-refractivity contribution is -0.435. The lowest BCUT2D eigenvalue weighted by Gasteiger charge is -2.25. The van der Waals surface area contributed by atoms with Crippen LogP contribution in [0.3, 0.4) is 0 Å². The predicted octanol–water partition coefficient (Wildman–Crippen LogP) is 3.18. The minimum atomic E-state index is -4.42. The van der Waals surface area contributed by atoms with Gasteiger partial charge in [0, 0.05) is 18.1 Å². The summed E-state index contributed by atoms with van der Waals surface area (Å²) in [5, 5.41) is 0. The number of fused-ring (bicyclic) bond motifs is 1. The van der Waals surface area contributed by atoms with Crippen molar-refractivity contribution in [1.82, 2.24) is 0 Å². The van der Waals surface area contributed by atoms with Gasteiger partial charge in [-0.05, 0) is 31.9 Å². The number of hydrogen-bond acceptors (Lipinski definition) is 3. The standard InChI is InChI=1S/C16H23NO3S/c1-5-15-16(6-2,7-3)13-11-12(21(18,19)20)9-10-14(13)17(15)8-4/h9-11H,5-8H2,1-4H3. The highest BCUT2D eigenvalue weighted by atomic mass is 32.2. The third-order valence-corrected chi connectivity index (χ3v) is 5.63. The molecular weight excluding hydrogens is 286 g/mol. The van der Waals surface area contributed by atoms with Gasteiger partial charge in [0.05, 0.1) is 10.3 Å². The first-order valence-corrected chi connectivity index (χ1v) is 9.00. The Kier molecular flexibility index (Phi) is 4.26. The fourth-order valence-electron chi connectivity index (χ4n) is 3.78. The fourth-order valence-corrected chi connectivity index (χ4v) is 4.27. The normalized spacial score (nSPS) is 17.2. The summed E-state index contributed by atoms with van der Waals surface area (Å²) in [5.74, 6) is 0. The molecule has 0 amide bonds. The van der Waals surface area contributed by atoms with Gasteiger partial charge < -0.3 is 4.55 Å². The Balaban J connectivity index is 2.79. The van der Waals surface area contributed by atoms with Crippen LogP contribution in [-0.4, -0.2) is 29.8 Å². The summed E-state index contributed by atoms with van der Waals surface area (Å²) in [6.07, 6.45) is 2.72. The first-order chi connectivity index (χ1) is 9.85. The summed E-state index contributed by atoms with van der Waals surface area (Å²) in [6.45, 7) is 9.33. The second-order valence-electron chi connectivity index (χ2n) is 5.47. The second kappa shape index (κ2) is 5.54. The van der Waals surface area contributed by atoms with Gasteiger partial charge >= 0.3 is 0 Å². The molecule has 0 fully saturated rings. The minimum Gasteiger partial charge on any atom is -0.744 e. The minimum absolute atomic E-state index is 0.124. The summed E-state index contributed by atoms with van der Waals surface area (Å²) in [7, 11) is -4.42. The fraction of sp³-hybridized carbons (Fsp3) is 0.562. The lowest BCUT2D eigenvalue weighted by atomic mass is 9.72. The van der Waals surface area contributed by atoms with Gasteiger partial charge in [-0.3, -0.25) is 0 Å². The summed E-state index contributed by atoms with van der Waals surface area (Å²) in [5.41, 5.74) is 3.21. The van der Waals surface area contributed by atoms with Crippen LogP contribution in [0, 0.1) is 0 Å². The van der Waals surface area contributed by atoms with Crippen LogP contribution in [0.4, 0.5) is 5.69 Å². The van der Waals surface area contributed by atoms with Gasteiger partial charge in [-0.1, -0.05) is 20.8 Å². The highest BCUT2D eigenvalue weighted by molar-refractivity contribution is 7.85. The molecule has 0 bridgehead atoms. The van der Waals surface area contributed by atoms with Crippen LogP contribution in [0.15, 0.2) is 23.1 Å². The van der Waals surface area contributed by atoms with Crippen LogP contribution in [-0.2, 0) is 15.5 Å². The summed E-state index contributed by atoms with van der Waals surface area (Å²) in [6, 6.07) is 4.81. The molecule has 0 saturated heterocycles. The van der Waals surface area contributed by atoms with Crippen molar-refractivity contribution in [3.63, 3.8) is 0 Å². The molecule has 0 saturated carbocycles. The topological polar surface area (TPSA) is 60.2 Å². The molecule has 5 heteroatoms. The zero-order valence-corrected chi connectivity index (χ0v) is 14.0. The smallest absolute Gasteiger partial charge is 0.209 e. The Morgan fingerprint density at radius 2 is 1.76 bits per heavy atom. The van der Waals surface area contributed by atoms with E-state index in [2.05, 4.69) is 32.3 Å². The Hall–Kier alpha value is -1.20. The maximum Gasteiger partial charge on any atom is 0.209 e. The Bertz CT molecular complexity index is 685. The number of hydrogen-bond donors (Lipinski definition) is 0. The maximum absolute atomic E-state index is 11.3. The van der Waals surface area contributed by atoms with Crippen LogP contribution >= 0.6 is 0 Å². The van der Waals surface area contributed by atoms with Crippen molar-refractivity contribution < 1.29 is 17.5 Å². The zero-order chi connectivity index (χ0) is 15.8. The average Bonchev–Trinajstić information content (AvgIpc) is 2.74. The third-order valence-electron chi connectivity index (χ3n) is 4.80. The van der Waals surface area contributed by atoms with E-state index in [0.29, 0.717) is 0 Å². The van der Waals surface area contributed by atoms with E-state index in [-0.39, 0.29) is 10.3 Å². The summed E-state index contributed by atoms with van der Waals surface area (Å²) < 4.78 is 36.3. The van der Waals surface area contributed by atoms with Gasteiger partial charge in [0.1, 0.15) is 16.7 Å². The number of benzene rings is 1. The Labute approximate surface area is 127 Å². The number of nitrogens with zero attached hydrogens (tertiary/aromatic N) is 1. The molecule has 1 heterocycles. The van der Waals surface area contributed by atoms with E-state index in [0.717, 1.165) is 37.1 Å². The Morgan fingerprint density at radius 1 is 1.14 bits per heavy atom. The SMILES string of the molecule is CCC1=[N+](CC)c2ccc(S(=O)(=O)[O-])cc2C1(CC)CC. The highest BCUT2D eigenvalue weighted by Crippen LogP contribution is 2.46. The molecule has 2 rings (SSSR count). The van der Waals surface area contributed by atoms with E-state index >= 15 is 0 Å². The van der Waals surface area contributed by atoms with Gasteiger partial charge in [-0.25, -0.2) is 8.42 Å². The summed E-state index contributed by atoms with van der Waals surface area (Å²) >= 11 is 0. The third kappa shape index (κ3) is 2.32. The van der Waals surface area contributed by atoms with Crippen LogP contribution in [0.1, 0.15) is 52.5 Å². The zero-order valence-electron chi connectivity index (χ0n) is 13.1. The maximum atomic E-state index is 11.3. The van der Waals surface area contributed by atoms with E-state index in [1.54, 1.807) is 12.1 Å². The molecule has 4 nitrogen and oxygen atoms in total. The molecule has 0 aliphatic carbocycles. The monoisotopic (exact) mass is 309 g/mol. The summed E-state index contributed by atoms with van der Waals surface area (Å²) in [4.78, 5) is -0.124. The van der Waals surface area contributed by atoms with Crippen molar-refractivity contribution in [1.29, 1.82) is 0 Å². The molecule has 0 atom stereocenters. The largest absolute Gasteiger partial charge is 0.744 e. The van der Waals surface area contributed by atoms with Gasteiger partial charge in [-0.15, -0.1) is 0 Å². The van der Waals surface area contributed by atoms with E-state index < -0.39 is 10.1 Å². The number of rotatable bonds is 5. The first-order valence-electron chi connectivity index (χ1n) is 7.59. The van der Waals surface area contributed by atoms with Crippen LogP contribution < -0.4 is 0 Å². The van der Waals surface area contributed by atoms with Crippen molar-refractivity contribution >= 4 is 21.5 Å². The quantitative estimate of drug-likeness (QED) is 0.620. The van der Waals surface area contributed by atoms with Gasteiger partial charge in [-0.2, -0.15) is 4.58 Å². The van der Waals surface area contributed by atoms with Crippen LogP contribution in [0.2, 0.25) is 0 Å². The average molecular weight is 309 g/mol. The van der Waals surface area contributed by atoms with Crippen LogP contribution in [0.5, 0.6) is 0 Å². The molecule has 1 aliphatic heterocycles. The molecule has 0 aromatic heterocycles. The molecule has 1 aromatic carbocycles. The Morgan fingerprint density at radius 3 is 2.19 bits per heavy atom. The second-order valence-corrected chi connectivity index (χ2v) is 6.85. The van der Waals surface area contributed by atoms with Crippen molar-refractivity contribution in [3.8, 4) is 0 Å². The molecule has 0 radical (unpaired) electrons. The molecular formula is C16H23NO3S. The molecule has 1 aliphatic rings.